The number of methoxy groups -OCH3 is 1. The summed E-state index contributed by atoms with van der Waals surface area (Å²) in [5.41, 5.74) is 0.443. The van der Waals surface area contributed by atoms with Gasteiger partial charge in [-0.05, 0) is 37.1 Å². The van der Waals surface area contributed by atoms with Gasteiger partial charge in [0.1, 0.15) is 5.75 Å². The summed E-state index contributed by atoms with van der Waals surface area (Å²) >= 11 is 6.00. The Morgan fingerprint density at radius 1 is 1.38 bits per heavy atom. The van der Waals surface area contributed by atoms with E-state index in [9.17, 15) is 4.79 Å². The van der Waals surface area contributed by atoms with Gasteiger partial charge < -0.3 is 15.0 Å². The van der Waals surface area contributed by atoms with E-state index in [-0.39, 0.29) is 11.9 Å². The normalized spacial score (nSPS) is 17.4. The van der Waals surface area contributed by atoms with E-state index in [4.69, 9.17) is 16.3 Å². The second-order valence-corrected chi connectivity index (χ2v) is 6.09. The van der Waals surface area contributed by atoms with Crippen LogP contribution in [0.3, 0.4) is 0 Å². The SMILES string of the molecule is COc1ccc(Cl)cc1C(=O)NC1CCCN(c2ncccn2)C1. The van der Waals surface area contributed by atoms with Crippen LogP contribution in [0, 0.1) is 0 Å². The molecule has 3 rings (SSSR count). The van der Waals surface area contributed by atoms with Gasteiger partial charge in [-0.1, -0.05) is 11.6 Å². The van der Waals surface area contributed by atoms with E-state index >= 15 is 0 Å². The van der Waals surface area contributed by atoms with Gasteiger partial charge >= 0.3 is 0 Å². The highest BCUT2D eigenvalue weighted by Gasteiger charge is 2.24. The van der Waals surface area contributed by atoms with Crippen LogP contribution in [0.25, 0.3) is 0 Å². The van der Waals surface area contributed by atoms with Gasteiger partial charge in [0.05, 0.1) is 12.7 Å². The van der Waals surface area contributed by atoms with Gasteiger partial charge in [-0.25, -0.2) is 9.97 Å². The standard InChI is InChI=1S/C17H19ClN4O2/c1-24-15-6-5-12(18)10-14(15)16(23)21-13-4-2-9-22(11-13)17-19-7-3-8-20-17/h3,5-8,10,13H,2,4,9,11H2,1H3,(H,21,23). The van der Waals surface area contributed by atoms with Crippen LogP contribution in [-0.2, 0) is 0 Å². The number of nitrogens with one attached hydrogen (secondary N) is 1. The molecule has 0 bridgehead atoms. The number of aromatic nitrogens is 2. The van der Waals surface area contributed by atoms with E-state index in [1.54, 1.807) is 36.7 Å². The number of carbonyl (C=O) groups is 1. The van der Waals surface area contributed by atoms with Crippen molar-refractivity contribution in [3.8, 4) is 5.75 Å². The third kappa shape index (κ3) is 3.76. The van der Waals surface area contributed by atoms with Crippen molar-refractivity contribution in [1.82, 2.24) is 15.3 Å². The van der Waals surface area contributed by atoms with E-state index in [2.05, 4.69) is 20.2 Å². The maximum atomic E-state index is 12.6. The molecule has 1 fully saturated rings. The zero-order valence-corrected chi connectivity index (χ0v) is 14.2. The van der Waals surface area contributed by atoms with E-state index in [1.807, 2.05) is 0 Å². The molecule has 2 heterocycles. The molecule has 1 amide bonds. The summed E-state index contributed by atoms with van der Waals surface area (Å²) in [6.07, 6.45) is 5.33. The molecule has 1 aromatic heterocycles. The van der Waals surface area contributed by atoms with Gasteiger partial charge in [0.2, 0.25) is 5.95 Å². The Kier molecular flexibility index (Phi) is 5.15. The van der Waals surface area contributed by atoms with Gasteiger partial charge in [-0.15, -0.1) is 0 Å². The zero-order valence-electron chi connectivity index (χ0n) is 13.4. The van der Waals surface area contributed by atoms with Gasteiger partial charge in [0, 0.05) is 36.5 Å². The molecule has 1 N–H and O–H groups in total. The molecule has 0 aliphatic carbocycles. The number of ether oxygens (including phenoxy) is 1. The number of hydrogen-bond acceptors (Lipinski definition) is 5. The Hall–Kier alpha value is -2.34. The molecule has 1 atom stereocenters. The van der Waals surface area contributed by atoms with Gasteiger partial charge in [-0.2, -0.15) is 0 Å². The molecule has 7 heteroatoms. The summed E-state index contributed by atoms with van der Waals surface area (Å²) in [5.74, 6) is 1.02. The predicted molar refractivity (Wildman–Crippen MR) is 92.7 cm³/mol. The molecule has 1 aromatic carbocycles. The quantitative estimate of drug-likeness (QED) is 0.921. The molecule has 1 unspecified atom stereocenters. The fourth-order valence-corrected chi connectivity index (χ4v) is 3.02. The molecular formula is C17H19ClN4O2. The second kappa shape index (κ2) is 7.49. The Bertz CT molecular complexity index is 711. The summed E-state index contributed by atoms with van der Waals surface area (Å²) in [6.45, 7) is 1.56. The third-order valence-corrected chi connectivity index (χ3v) is 4.23. The maximum Gasteiger partial charge on any atom is 0.255 e. The Morgan fingerprint density at radius 2 is 2.17 bits per heavy atom. The molecule has 1 aliphatic heterocycles. The molecule has 1 aliphatic rings. The van der Waals surface area contributed by atoms with E-state index in [1.165, 1.54) is 7.11 Å². The summed E-state index contributed by atoms with van der Waals surface area (Å²) in [6, 6.07) is 6.84. The first-order valence-corrected chi connectivity index (χ1v) is 8.21. The first-order valence-electron chi connectivity index (χ1n) is 7.84. The minimum atomic E-state index is -0.185. The molecule has 24 heavy (non-hydrogen) atoms. The average Bonchev–Trinajstić information content (AvgIpc) is 2.62. The lowest BCUT2D eigenvalue weighted by Crippen LogP contribution is -2.48. The van der Waals surface area contributed by atoms with Crippen LogP contribution in [0.4, 0.5) is 5.95 Å². The molecule has 6 nitrogen and oxygen atoms in total. The van der Waals surface area contributed by atoms with Gasteiger partial charge in [0.15, 0.2) is 0 Å². The highest BCUT2D eigenvalue weighted by atomic mass is 35.5. The van der Waals surface area contributed by atoms with Crippen molar-refractivity contribution in [2.24, 2.45) is 0 Å². The van der Waals surface area contributed by atoms with Crippen LogP contribution in [-0.4, -0.2) is 42.1 Å². The highest BCUT2D eigenvalue weighted by Crippen LogP contribution is 2.23. The van der Waals surface area contributed by atoms with Crippen LogP contribution in [0.15, 0.2) is 36.7 Å². The van der Waals surface area contributed by atoms with Crippen LogP contribution >= 0.6 is 11.6 Å². The predicted octanol–water partition coefficient (Wildman–Crippen LogP) is 2.54. The number of anilines is 1. The van der Waals surface area contributed by atoms with Crippen molar-refractivity contribution in [3.05, 3.63) is 47.2 Å². The van der Waals surface area contributed by atoms with Crippen molar-refractivity contribution in [2.75, 3.05) is 25.1 Å². The van der Waals surface area contributed by atoms with Crippen molar-refractivity contribution in [1.29, 1.82) is 0 Å². The average molecular weight is 347 g/mol. The minimum Gasteiger partial charge on any atom is -0.496 e. The van der Waals surface area contributed by atoms with Gasteiger partial charge in [0.25, 0.3) is 5.91 Å². The van der Waals surface area contributed by atoms with Crippen molar-refractivity contribution in [2.45, 2.75) is 18.9 Å². The highest BCUT2D eigenvalue weighted by molar-refractivity contribution is 6.31. The van der Waals surface area contributed by atoms with E-state index in [0.717, 1.165) is 19.4 Å². The topological polar surface area (TPSA) is 67.3 Å². The van der Waals surface area contributed by atoms with Crippen LogP contribution in [0.2, 0.25) is 5.02 Å². The lowest BCUT2D eigenvalue weighted by atomic mass is 10.1. The smallest absolute Gasteiger partial charge is 0.255 e. The van der Waals surface area contributed by atoms with Gasteiger partial charge in [-0.3, -0.25) is 4.79 Å². The summed E-state index contributed by atoms with van der Waals surface area (Å²) in [7, 11) is 1.54. The van der Waals surface area contributed by atoms with E-state index < -0.39 is 0 Å². The number of rotatable bonds is 4. The summed E-state index contributed by atoms with van der Waals surface area (Å²) in [5, 5.41) is 3.57. The first kappa shape index (κ1) is 16.5. The molecule has 1 saturated heterocycles. The number of nitrogens with zero attached hydrogens (tertiary/aromatic N) is 3. The van der Waals surface area contributed by atoms with Crippen molar-refractivity contribution in [3.63, 3.8) is 0 Å². The number of halogens is 1. The lowest BCUT2D eigenvalue weighted by Gasteiger charge is -2.33. The molecule has 2 aromatic rings. The molecule has 0 spiro atoms. The van der Waals surface area contributed by atoms with Crippen LogP contribution in [0.5, 0.6) is 5.75 Å². The number of hydrogen-bond donors (Lipinski definition) is 1. The first-order chi connectivity index (χ1) is 11.7. The monoisotopic (exact) mass is 346 g/mol. The molecule has 0 radical (unpaired) electrons. The summed E-state index contributed by atoms with van der Waals surface area (Å²) < 4.78 is 5.25. The zero-order chi connectivity index (χ0) is 16.9. The minimum absolute atomic E-state index is 0.0266. The Balaban J connectivity index is 1.69. The molecular weight excluding hydrogens is 328 g/mol. The van der Waals surface area contributed by atoms with Crippen molar-refractivity contribution < 1.29 is 9.53 Å². The lowest BCUT2D eigenvalue weighted by molar-refractivity contribution is 0.0930. The molecule has 0 saturated carbocycles. The fraction of sp³-hybridized carbons (Fsp3) is 0.353. The van der Waals surface area contributed by atoms with E-state index in [0.29, 0.717) is 28.8 Å². The van der Waals surface area contributed by atoms with Crippen LogP contribution < -0.4 is 15.0 Å². The number of amides is 1. The fourth-order valence-electron chi connectivity index (χ4n) is 2.85. The Morgan fingerprint density at radius 3 is 2.92 bits per heavy atom. The molecule has 126 valence electrons. The second-order valence-electron chi connectivity index (χ2n) is 5.65. The third-order valence-electron chi connectivity index (χ3n) is 4.00. The number of benzene rings is 1. The number of piperidine rings is 1. The maximum absolute atomic E-state index is 12.6. The Labute approximate surface area is 145 Å². The number of carbonyl (C=O) groups excluding carboxylic acids is 1. The van der Waals surface area contributed by atoms with Crippen LogP contribution in [0.1, 0.15) is 23.2 Å². The van der Waals surface area contributed by atoms with Crippen molar-refractivity contribution >= 4 is 23.5 Å². The largest absolute Gasteiger partial charge is 0.496 e. The summed E-state index contributed by atoms with van der Waals surface area (Å²) in [4.78, 5) is 23.2.